The fourth-order valence-electron chi connectivity index (χ4n) is 4.22. The highest BCUT2D eigenvalue weighted by molar-refractivity contribution is 7.90. The van der Waals surface area contributed by atoms with Crippen molar-refractivity contribution in [2.75, 3.05) is 7.05 Å². The number of aromatic nitrogens is 2. The molecule has 0 bridgehead atoms. The van der Waals surface area contributed by atoms with E-state index in [0.29, 0.717) is 11.9 Å². The number of benzene rings is 2. The van der Waals surface area contributed by atoms with Gasteiger partial charge in [0.1, 0.15) is 5.56 Å². The van der Waals surface area contributed by atoms with Crippen LogP contribution in [0.4, 0.5) is 0 Å². The summed E-state index contributed by atoms with van der Waals surface area (Å²) in [5.41, 5.74) is 2.88. The van der Waals surface area contributed by atoms with Gasteiger partial charge in [0.15, 0.2) is 0 Å². The van der Waals surface area contributed by atoms with E-state index in [4.69, 9.17) is 0 Å². The summed E-state index contributed by atoms with van der Waals surface area (Å²) in [6.45, 7) is 4.22. The van der Waals surface area contributed by atoms with Gasteiger partial charge in [0.25, 0.3) is 21.5 Å². The summed E-state index contributed by atoms with van der Waals surface area (Å²) in [6, 6.07) is 17.3. The van der Waals surface area contributed by atoms with Crippen LogP contribution >= 0.6 is 0 Å². The molecule has 0 unspecified atom stereocenters. The lowest BCUT2D eigenvalue weighted by Crippen LogP contribution is -2.33. The molecule has 4 rings (SSSR count). The van der Waals surface area contributed by atoms with Gasteiger partial charge < -0.3 is 9.88 Å². The van der Waals surface area contributed by atoms with Crippen molar-refractivity contribution < 1.29 is 13.2 Å². The Bertz CT molecular complexity index is 1550. The van der Waals surface area contributed by atoms with Crippen molar-refractivity contribution in [3.05, 3.63) is 99.6 Å². The number of carbonyl (C=O) groups is 1. The third kappa shape index (κ3) is 4.66. The van der Waals surface area contributed by atoms with Gasteiger partial charge in [-0.15, -0.1) is 0 Å². The number of hydrogen-bond donors (Lipinski definition) is 1. The Labute approximate surface area is 205 Å². The molecule has 1 amide bonds. The van der Waals surface area contributed by atoms with Gasteiger partial charge in [0.2, 0.25) is 0 Å². The molecule has 0 aliphatic heterocycles. The highest BCUT2D eigenvalue weighted by atomic mass is 32.2. The maximum atomic E-state index is 13.3. The minimum absolute atomic E-state index is 0.0828. The molecule has 0 saturated heterocycles. The maximum Gasteiger partial charge on any atom is 0.268 e. The summed E-state index contributed by atoms with van der Waals surface area (Å²) in [6.07, 6.45) is 4.14. The zero-order chi connectivity index (χ0) is 25.2. The minimum atomic E-state index is -3.78. The third-order valence-corrected chi connectivity index (χ3v) is 7.92. The predicted molar refractivity (Wildman–Crippen MR) is 138 cm³/mol. The summed E-state index contributed by atoms with van der Waals surface area (Å²) < 4.78 is 29.6. The van der Waals surface area contributed by atoms with E-state index in [9.17, 15) is 18.0 Å². The third-order valence-electron chi connectivity index (χ3n) is 6.22. The molecule has 182 valence electrons. The number of fused-ring (bicyclic) bond motifs is 1. The Morgan fingerprint density at radius 1 is 1.00 bits per heavy atom. The Morgan fingerprint density at radius 3 is 2.43 bits per heavy atom. The number of amides is 1. The van der Waals surface area contributed by atoms with Crippen molar-refractivity contribution in [2.24, 2.45) is 0 Å². The van der Waals surface area contributed by atoms with Crippen LogP contribution in [0.3, 0.4) is 0 Å². The first-order valence-electron chi connectivity index (χ1n) is 11.6. The van der Waals surface area contributed by atoms with E-state index in [0.717, 1.165) is 35.0 Å². The first-order valence-corrected chi connectivity index (χ1v) is 13.1. The number of hydrogen-bond acceptors (Lipinski definition) is 4. The lowest BCUT2D eigenvalue weighted by molar-refractivity contribution is 0.0961. The van der Waals surface area contributed by atoms with E-state index in [-0.39, 0.29) is 22.6 Å². The topological polar surface area (TPSA) is 90.2 Å². The number of unbranched alkanes of at least 4 members (excludes halogenated alkanes) is 1. The first kappa shape index (κ1) is 24.5. The van der Waals surface area contributed by atoms with Gasteiger partial charge in [0, 0.05) is 24.3 Å². The number of nitrogens with zero attached hydrogens (tertiary/aromatic N) is 2. The van der Waals surface area contributed by atoms with Gasteiger partial charge in [-0.25, -0.2) is 12.4 Å². The second-order valence-electron chi connectivity index (χ2n) is 8.59. The lowest BCUT2D eigenvalue weighted by Gasteiger charge is -2.15. The van der Waals surface area contributed by atoms with Gasteiger partial charge in [-0.2, -0.15) is 0 Å². The van der Waals surface area contributed by atoms with Crippen LogP contribution in [0.25, 0.3) is 10.9 Å². The average Bonchev–Trinajstić information content (AvgIpc) is 3.30. The van der Waals surface area contributed by atoms with Crippen LogP contribution in [0.5, 0.6) is 0 Å². The van der Waals surface area contributed by atoms with Crippen LogP contribution in [0.1, 0.15) is 46.9 Å². The normalized spacial score (nSPS) is 11.6. The van der Waals surface area contributed by atoms with Crippen LogP contribution in [0.15, 0.2) is 76.6 Å². The molecule has 0 saturated carbocycles. The highest BCUT2D eigenvalue weighted by Crippen LogP contribution is 2.26. The van der Waals surface area contributed by atoms with Gasteiger partial charge in [0.05, 0.1) is 17.0 Å². The molecule has 0 spiro atoms. The summed E-state index contributed by atoms with van der Waals surface area (Å²) in [4.78, 5) is 25.7. The largest absolute Gasteiger partial charge is 0.355 e. The zero-order valence-corrected chi connectivity index (χ0v) is 20.9. The second kappa shape index (κ2) is 9.92. The molecule has 2 heterocycles. The van der Waals surface area contributed by atoms with E-state index >= 15 is 0 Å². The van der Waals surface area contributed by atoms with Crippen LogP contribution in [0, 0.1) is 6.92 Å². The van der Waals surface area contributed by atoms with Gasteiger partial charge in [-0.3, -0.25) is 9.59 Å². The molecular formula is C27H29N3O4S. The first-order chi connectivity index (χ1) is 16.8. The van der Waals surface area contributed by atoms with E-state index in [1.807, 2.05) is 19.1 Å². The number of carbonyl (C=O) groups excluding carboxylic acids is 1. The number of rotatable bonds is 8. The van der Waals surface area contributed by atoms with Gasteiger partial charge in [-0.1, -0.05) is 43.2 Å². The maximum absolute atomic E-state index is 13.3. The van der Waals surface area contributed by atoms with Gasteiger partial charge >= 0.3 is 0 Å². The molecule has 1 N–H and O–H groups in total. The molecule has 0 aliphatic carbocycles. The van der Waals surface area contributed by atoms with E-state index in [2.05, 4.69) is 12.2 Å². The summed E-state index contributed by atoms with van der Waals surface area (Å²) in [5.74, 6) is -0.431. The number of nitrogens with one attached hydrogen (secondary N) is 1. The van der Waals surface area contributed by atoms with E-state index in [1.165, 1.54) is 11.0 Å². The summed E-state index contributed by atoms with van der Waals surface area (Å²) in [7, 11) is -2.29. The molecule has 7 nitrogen and oxygen atoms in total. The highest BCUT2D eigenvalue weighted by Gasteiger charge is 2.20. The Morgan fingerprint density at radius 2 is 1.74 bits per heavy atom. The Balaban J connectivity index is 1.82. The second-order valence-corrected chi connectivity index (χ2v) is 10.4. The van der Waals surface area contributed by atoms with Gasteiger partial charge in [-0.05, 0) is 61.7 Å². The fraction of sp³-hybridized carbons (Fsp3) is 0.259. The molecule has 0 radical (unpaired) electrons. The standard InChI is InChI=1S/C27H29N3O4S/c1-4-5-8-21-12-15-24(26(31)28-3)27(32)29(21)18-20-7-6-9-25-23(20)16-17-30(25)35(33,34)22-13-10-19(2)11-14-22/h6-7,9-17H,4-5,8,18H2,1-3H3,(H,28,31). The molecule has 2 aromatic heterocycles. The molecule has 35 heavy (non-hydrogen) atoms. The molecule has 8 heteroatoms. The summed E-state index contributed by atoms with van der Waals surface area (Å²) in [5, 5.41) is 3.26. The van der Waals surface area contributed by atoms with Crippen molar-refractivity contribution in [3.63, 3.8) is 0 Å². The SMILES string of the molecule is CCCCc1ccc(C(=O)NC)c(=O)n1Cc1cccc2c1ccn2S(=O)(=O)c1ccc(C)cc1. The van der Waals surface area contributed by atoms with Crippen LogP contribution in [0.2, 0.25) is 0 Å². The minimum Gasteiger partial charge on any atom is -0.355 e. The molecule has 0 atom stereocenters. The lowest BCUT2D eigenvalue weighted by atomic mass is 10.1. The Hall–Kier alpha value is -3.65. The van der Waals surface area contributed by atoms with Crippen molar-refractivity contribution >= 4 is 26.8 Å². The monoisotopic (exact) mass is 491 g/mol. The fourth-order valence-corrected chi connectivity index (χ4v) is 5.57. The molecular weight excluding hydrogens is 462 g/mol. The molecule has 2 aromatic carbocycles. The molecule has 0 aliphatic rings. The van der Waals surface area contributed by atoms with Crippen LogP contribution in [-0.2, 0) is 23.0 Å². The predicted octanol–water partition coefficient (Wildman–Crippen LogP) is 4.10. The van der Waals surface area contributed by atoms with Crippen LogP contribution in [-0.4, -0.2) is 29.9 Å². The van der Waals surface area contributed by atoms with E-state index < -0.39 is 15.9 Å². The van der Waals surface area contributed by atoms with Crippen molar-refractivity contribution in [3.8, 4) is 0 Å². The summed E-state index contributed by atoms with van der Waals surface area (Å²) >= 11 is 0. The molecule has 4 aromatic rings. The zero-order valence-electron chi connectivity index (χ0n) is 20.1. The van der Waals surface area contributed by atoms with Crippen molar-refractivity contribution in [1.82, 2.24) is 13.9 Å². The number of aryl methyl sites for hydroxylation is 2. The van der Waals surface area contributed by atoms with Crippen LogP contribution < -0.4 is 10.9 Å². The number of pyridine rings is 1. The van der Waals surface area contributed by atoms with Crippen molar-refractivity contribution in [1.29, 1.82) is 0 Å². The average molecular weight is 492 g/mol. The van der Waals surface area contributed by atoms with E-state index in [1.54, 1.807) is 59.3 Å². The quantitative estimate of drug-likeness (QED) is 0.402. The van der Waals surface area contributed by atoms with Crippen molar-refractivity contribution in [2.45, 2.75) is 44.6 Å². The Kier molecular flexibility index (Phi) is 6.93. The molecule has 0 fully saturated rings. The smallest absolute Gasteiger partial charge is 0.268 e.